The molecule has 0 aromatic heterocycles. The molecule has 2 amide bonds. The van der Waals surface area contributed by atoms with Crippen LogP contribution in [0.3, 0.4) is 0 Å². The van der Waals surface area contributed by atoms with E-state index < -0.39 is 5.97 Å². The molecule has 1 rings (SSSR count). The molecule has 0 saturated carbocycles. The highest BCUT2D eigenvalue weighted by molar-refractivity contribution is 5.80. The molecule has 2 N–H and O–H groups in total. The van der Waals surface area contributed by atoms with E-state index in [0.29, 0.717) is 6.54 Å². The number of amides is 2. The van der Waals surface area contributed by atoms with Gasteiger partial charge in [0.1, 0.15) is 6.54 Å². The maximum Gasteiger partial charge on any atom is 0.323 e. The van der Waals surface area contributed by atoms with Gasteiger partial charge in [-0.25, -0.2) is 4.79 Å². The van der Waals surface area contributed by atoms with Gasteiger partial charge in [0.25, 0.3) is 0 Å². The number of urea groups is 1. The van der Waals surface area contributed by atoms with Crippen molar-refractivity contribution in [1.29, 1.82) is 0 Å². The quantitative estimate of drug-likeness (QED) is 0.756. The number of piperidine rings is 1. The Morgan fingerprint density at radius 3 is 2.50 bits per heavy atom. The van der Waals surface area contributed by atoms with E-state index in [1.165, 1.54) is 4.90 Å². The summed E-state index contributed by atoms with van der Waals surface area (Å²) in [5.74, 6) is -0.970. The summed E-state index contributed by atoms with van der Waals surface area (Å²) in [6.45, 7) is 4.12. The van der Waals surface area contributed by atoms with Crippen molar-refractivity contribution in [2.75, 3.05) is 33.2 Å². The van der Waals surface area contributed by atoms with Gasteiger partial charge in [-0.1, -0.05) is 6.92 Å². The van der Waals surface area contributed by atoms with Crippen LogP contribution < -0.4 is 5.32 Å². The number of likely N-dealkylation sites (tertiary alicyclic amines) is 1. The third kappa shape index (κ3) is 4.91. The highest BCUT2D eigenvalue weighted by atomic mass is 16.4. The zero-order valence-electron chi connectivity index (χ0n) is 11.2. The van der Waals surface area contributed by atoms with Crippen molar-refractivity contribution in [1.82, 2.24) is 15.1 Å². The second-order valence-corrected chi connectivity index (χ2v) is 4.84. The summed E-state index contributed by atoms with van der Waals surface area (Å²) in [5, 5.41) is 11.7. The van der Waals surface area contributed by atoms with Gasteiger partial charge in [0.15, 0.2) is 0 Å². The first-order chi connectivity index (χ1) is 8.52. The molecule has 0 atom stereocenters. The van der Waals surface area contributed by atoms with Gasteiger partial charge in [-0.2, -0.15) is 0 Å². The lowest BCUT2D eigenvalue weighted by molar-refractivity contribution is -0.137. The monoisotopic (exact) mass is 257 g/mol. The SMILES string of the molecule is CCCN(CC(=O)O)C(=O)NC1CCN(C)CC1. The molecule has 1 fully saturated rings. The Labute approximate surface area is 108 Å². The summed E-state index contributed by atoms with van der Waals surface area (Å²) in [6, 6.07) is -0.0874. The highest BCUT2D eigenvalue weighted by Gasteiger charge is 2.22. The minimum absolute atomic E-state index is 0.168. The Hall–Kier alpha value is -1.30. The van der Waals surface area contributed by atoms with Crippen molar-refractivity contribution >= 4 is 12.0 Å². The Morgan fingerprint density at radius 2 is 2.00 bits per heavy atom. The van der Waals surface area contributed by atoms with Crippen LogP contribution in [0.15, 0.2) is 0 Å². The van der Waals surface area contributed by atoms with Crippen molar-refractivity contribution in [2.24, 2.45) is 0 Å². The zero-order chi connectivity index (χ0) is 13.5. The Kier molecular flexibility index (Phi) is 5.91. The van der Waals surface area contributed by atoms with Gasteiger partial charge in [0.05, 0.1) is 0 Å². The van der Waals surface area contributed by atoms with E-state index >= 15 is 0 Å². The number of hydrogen-bond acceptors (Lipinski definition) is 3. The normalized spacial score (nSPS) is 17.4. The number of carbonyl (C=O) groups excluding carboxylic acids is 1. The first-order valence-electron chi connectivity index (χ1n) is 6.48. The van der Waals surface area contributed by atoms with Crippen LogP contribution in [0.1, 0.15) is 26.2 Å². The lowest BCUT2D eigenvalue weighted by Gasteiger charge is -2.31. The van der Waals surface area contributed by atoms with Gasteiger partial charge in [-0.15, -0.1) is 0 Å². The van der Waals surface area contributed by atoms with E-state index in [4.69, 9.17) is 5.11 Å². The molecule has 0 radical (unpaired) electrons. The second-order valence-electron chi connectivity index (χ2n) is 4.84. The molecule has 1 aliphatic heterocycles. The predicted octanol–water partition coefficient (Wildman–Crippen LogP) is 0.587. The molecule has 1 aliphatic rings. The topological polar surface area (TPSA) is 72.9 Å². The van der Waals surface area contributed by atoms with E-state index in [2.05, 4.69) is 17.3 Å². The van der Waals surface area contributed by atoms with Crippen LogP contribution in [0.5, 0.6) is 0 Å². The summed E-state index contributed by atoms with van der Waals surface area (Å²) in [6.07, 6.45) is 2.61. The number of carbonyl (C=O) groups is 2. The average molecular weight is 257 g/mol. The molecular weight excluding hydrogens is 234 g/mol. The molecule has 0 aliphatic carbocycles. The fraction of sp³-hybridized carbons (Fsp3) is 0.833. The van der Waals surface area contributed by atoms with Gasteiger partial charge >= 0.3 is 12.0 Å². The lowest BCUT2D eigenvalue weighted by Crippen LogP contribution is -2.50. The predicted molar refractivity (Wildman–Crippen MR) is 68.6 cm³/mol. The van der Waals surface area contributed by atoms with Crippen LogP contribution in [-0.2, 0) is 4.79 Å². The van der Waals surface area contributed by atoms with Crippen LogP contribution >= 0.6 is 0 Å². The van der Waals surface area contributed by atoms with E-state index in [9.17, 15) is 9.59 Å². The second kappa shape index (κ2) is 7.20. The first-order valence-corrected chi connectivity index (χ1v) is 6.48. The number of rotatable bonds is 5. The standard InChI is InChI=1S/C12H23N3O3/c1-3-6-15(9-11(16)17)12(18)13-10-4-7-14(2)8-5-10/h10H,3-9H2,1-2H3,(H,13,18)(H,16,17). The molecule has 0 spiro atoms. The van der Waals surface area contributed by atoms with Crippen molar-refractivity contribution in [2.45, 2.75) is 32.2 Å². The molecule has 18 heavy (non-hydrogen) atoms. The third-order valence-corrected chi connectivity index (χ3v) is 3.15. The van der Waals surface area contributed by atoms with Crippen LogP contribution in [0.25, 0.3) is 0 Å². The van der Waals surface area contributed by atoms with Crippen molar-refractivity contribution in [3.05, 3.63) is 0 Å². The van der Waals surface area contributed by atoms with Crippen LogP contribution in [0, 0.1) is 0 Å². The maximum absolute atomic E-state index is 12.0. The van der Waals surface area contributed by atoms with Gasteiger partial charge in [0.2, 0.25) is 0 Å². The molecule has 104 valence electrons. The molecule has 0 aromatic carbocycles. The van der Waals surface area contributed by atoms with Gasteiger partial charge in [0, 0.05) is 12.6 Å². The number of carboxylic acid groups (broad SMARTS) is 1. The van der Waals surface area contributed by atoms with E-state index in [1.54, 1.807) is 0 Å². The summed E-state index contributed by atoms with van der Waals surface area (Å²) < 4.78 is 0. The number of nitrogens with zero attached hydrogens (tertiary/aromatic N) is 2. The Balaban J connectivity index is 2.42. The fourth-order valence-electron chi connectivity index (χ4n) is 2.10. The summed E-state index contributed by atoms with van der Waals surface area (Å²) in [4.78, 5) is 26.2. The largest absolute Gasteiger partial charge is 0.480 e. The highest BCUT2D eigenvalue weighted by Crippen LogP contribution is 2.08. The van der Waals surface area contributed by atoms with Crippen LogP contribution in [0.4, 0.5) is 4.79 Å². The maximum atomic E-state index is 12.0. The number of carboxylic acids is 1. The van der Waals surface area contributed by atoms with E-state index in [-0.39, 0.29) is 18.6 Å². The molecule has 0 aromatic rings. The summed E-state index contributed by atoms with van der Waals surface area (Å²) in [7, 11) is 2.06. The summed E-state index contributed by atoms with van der Waals surface area (Å²) in [5.41, 5.74) is 0. The minimum atomic E-state index is -0.970. The molecule has 6 nitrogen and oxygen atoms in total. The van der Waals surface area contributed by atoms with Gasteiger partial charge < -0.3 is 20.2 Å². The van der Waals surface area contributed by atoms with Crippen LogP contribution in [-0.4, -0.2) is 66.2 Å². The van der Waals surface area contributed by atoms with Gasteiger partial charge in [-0.3, -0.25) is 4.79 Å². The Bertz CT molecular complexity index is 288. The number of aliphatic carboxylic acids is 1. The summed E-state index contributed by atoms with van der Waals surface area (Å²) >= 11 is 0. The van der Waals surface area contributed by atoms with Crippen molar-refractivity contribution in [3.63, 3.8) is 0 Å². The smallest absolute Gasteiger partial charge is 0.323 e. The van der Waals surface area contributed by atoms with Crippen molar-refractivity contribution < 1.29 is 14.7 Å². The zero-order valence-corrected chi connectivity index (χ0v) is 11.2. The van der Waals surface area contributed by atoms with E-state index in [0.717, 1.165) is 32.4 Å². The minimum Gasteiger partial charge on any atom is -0.480 e. The molecule has 6 heteroatoms. The molecule has 0 bridgehead atoms. The molecule has 1 heterocycles. The molecule has 0 unspecified atom stereocenters. The van der Waals surface area contributed by atoms with Gasteiger partial charge in [-0.05, 0) is 39.4 Å². The molecular formula is C12H23N3O3. The lowest BCUT2D eigenvalue weighted by atomic mass is 10.1. The van der Waals surface area contributed by atoms with Crippen molar-refractivity contribution in [3.8, 4) is 0 Å². The first kappa shape index (κ1) is 14.8. The Morgan fingerprint density at radius 1 is 1.39 bits per heavy atom. The van der Waals surface area contributed by atoms with Crippen LogP contribution in [0.2, 0.25) is 0 Å². The number of hydrogen-bond donors (Lipinski definition) is 2. The third-order valence-electron chi connectivity index (χ3n) is 3.15. The average Bonchev–Trinajstić information content (AvgIpc) is 2.31. The molecule has 1 saturated heterocycles. The fourth-order valence-corrected chi connectivity index (χ4v) is 2.10. The number of nitrogens with one attached hydrogen (secondary N) is 1. The van der Waals surface area contributed by atoms with E-state index in [1.807, 2.05) is 6.92 Å².